The van der Waals surface area contributed by atoms with Crippen molar-refractivity contribution in [2.45, 2.75) is 10.1 Å². The maximum absolute atomic E-state index is 12.6. The highest BCUT2D eigenvalue weighted by Gasteiger charge is 2.20. The van der Waals surface area contributed by atoms with E-state index in [0.29, 0.717) is 22.3 Å². The number of thioether (sulfide) groups is 1. The highest BCUT2D eigenvalue weighted by atomic mass is 32.2. The number of rotatable bonds is 9. The van der Waals surface area contributed by atoms with Gasteiger partial charge in [-0.05, 0) is 52.9 Å². The summed E-state index contributed by atoms with van der Waals surface area (Å²) in [4.78, 5) is 12.6. The number of nitrogens with one attached hydrogen (secondary N) is 1. The average molecular weight is 479 g/mol. The topological polar surface area (TPSA) is 129 Å². The molecule has 1 aromatic heterocycles. The zero-order valence-corrected chi connectivity index (χ0v) is 19.5. The van der Waals surface area contributed by atoms with Crippen molar-refractivity contribution in [1.82, 2.24) is 24.5 Å². The molecule has 0 aliphatic rings. The van der Waals surface area contributed by atoms with Crippen molar-refractivity contribution in [3.63, 3.8) is 0 Å². The first-order chi connectivity index (χ1) is 15.3. The second-order valence-electron chi connectivity index (χ2n) is 6.56. The van der Waals surface area contributed by atoms with E-state index in [0.717, 1.165) is 16.1 Å². The van der Waals surface area contributed by atoms with Crippen LogP contribution in [0.2, 0.25) is 0 Å². The number of hydrogen-bond donors (Lipinski definition) is 1. The van der Waals surface area contributed by atoms with Gasteiger partial charge in [-0.2, -0.15) is 4.68 Å². The first-order valence-corrected chi connectivity index (χ1v) is 11.6. The van der Waals surface area contributed by atoms with Gasteiger partial charge >= 0.3 is 0 Å². The average Bonchev–Trinajstić information content (AvgIpc) is 3.26. The van der Waals surface area contributed by atoms with E-state index in [1.54, 1.807) is 31.4 Å². The standard InChI is InChI=1S/C19H22N6O5S2/c1-24(2)32(27,28)15-9-10-17(30-4)16(11-15)20-18(26)12-31-19-21-22-23-25(19)13-5-7-14(29-3)8-6-13/h5-11H,12H2,1-4H3,(H,20,26). The van der Waals surface area contributed by atoms with Crippen LogP contribution in [0.25, 0.3) is 5.69 Å². The maximum Gasteiger partial charge on any atom is 0.242 e. The van der Waals surface area contributed by atoms with E-state index in [1.807, 2.05) is 0 Å². The SMILES string of the molecule is COc1ccc(-n2nnnc2SCC(=O)Nc2cc(S(=O)(=O)N(C)C)ccc2OC)cc1. The molecule has 3 rings (SSSR count). The third-order valence-corrected chi connectivity index (χ3v) is 7.04. The molecule has 32 heavy (non-hydrogen) atoms. The maximum atomic E-state index is 12.6. The Labute approximate surface area is 189 Å². The van der Waals surface area contributed by atoms with Crippen molar-refractivity contribution in [3.05, 3.63) is 42.5 Å². The second-order valence-corrected chi connectivity index (χ2v) is 9.65. The molecule has 2 aromatic carbocycles. The van der Waals surface area contributed by atoms with Crippen LogP contribution in [0.4, 0.5) is 5.69 Å². The molecule has 1 heterocycles. The number of nitrogens with zero attached hydrogens (tertiary/aromatic N) is 5. The third-order valence-electron chi connectivity index (χ3n) is 4.31. The quantitative estimate of drug-likeness (QED) is 0.457. The number of anilines is 1. The molecule has 0 saturated carbocycles. The first kappa shape index (κ1) is 23.5. The lowest BCUT2D eigenvalue weighted by molar-refractivity contribution is -0.113. The number of carbonyl (C=O) groups excluding carboxylic acids is 1. The number of benzene rings is 2. The molecule has 0 bridgehead atoms. The van der Waals surface area contributed by atoms with Crippen molar-refractivity contribution in [1.29, 1.82) is 0 Å². The van der Waals surface area contributed by atoms with Crippen molar-refractivity contribution >= 4 is 33.4 Å². The lowest BCUT2D eigenvalue weighted by Crippen LogP contribution is -2.22. The Morgan fingerprint density at radius 3 is 2.47 bits per heavy atom. The minimum absolute atomic E-state index is 0.00958. The van der Waals surface area contributed by atoms with E-state index < -0.39 is 10.0 Å². The summed E-state index contributed by atoms with van der Waals surface area (Å²) in [5, 5.41) is 14.7. The van der Waals surface area contributed by atoms with Crippen LogP contribution in [-0.4, -0.2) is 72.9 Å². The molecule has 0 saturated heterocycles. The van der Waals surface area contributed by atoms with Crippen LogP contribution in [0.5, 0.6) is 11.5 Å². The van der Waals surface area contributed by atoms with Gasteiger partial charge < -0.3 is 14.8 Å². The number of methoxy groups -OCH3 is 2. The van der Waals surface area contributed by atoms with Crippen molar-refractivity contribution in [2.75, 3.05) is 39.4 Å². The van der Waals surface area contributed by atoms with E-state index in [-0.39, 0.29) is 22.2 Å². The molecule has 13 heteroatoms. The molecule has 0 atom stereocenters. The van der Waals surface area contributed by atoms with Gasteiger partial charge in [-0.15, -0.1) is 5.10 Å². The van der Waals surface area contributed by atoms with Crippen LogP contribution in [0.15, 0.2) is 52.5 Å². The van der Waals surface area contributed by atoms with Crippen LogP contribution in [0, 0.1) is 0 Å². The summed E-state index contributed by atoms with van der Waals surface area (Å²) < 4.78 is 37.8. The summed E-state index contributed by atoms with van der Waals surface area (Å²) in [5.74, 6) is 0.647. The summed E-state index contributed by atoms with van der Waals surface area (Å²) in [5.41, 5.74) is 0.956. The second kappa shape index (κ2) is 9.97. The van der Waals surface area contributed by atoms with Gasteiger partial charge in [0.25, 0.3) is 0 Å². The van der Waals surface area contributed by atoms with E-state index in [1.165, 1.54) is 44.1 Å². The number of carbonyl (C=O) groups is 1. The summed E-state index contributed by atoms with van der Waals surface area (Å²) >= 11 is 1.13. The fourth-order valence-corrected chi connectivity index (χ4v) is 4.25. The molecule has 0 spiro atoms. The smallest absolute Gasteiger partial charge is 0.242 e. The zero-order chi connectivity index (χ0) is 23.3. The molecular formula is C19H22N6O5S2. The molecule has 0 fully saturated rings. The normalized spacial score (nSPS) is 11.4. The van der Waals surface area contributed by atoms with E-state index in [9.17, 15) is 13.2 Å². The van der Waals surface area contributed by atoms with Crippen molar-refractivity contribution in [2.24, 2.45) is 0 Å². The van der Waals surface area contributed by atoms with Crippen molar-refractivity contribution < 1.29 is 22.7 Å². The van der Waals surface area contributed by atoms with Gasteiger partial charge in [0.15, 0.2) is 0 Å². The molecule has 0 radical (unpaired) electrons. The summed E-state index contributed by atoms with van der Waals surface area (Å²) in [6.45, 7) is 0. The van der Waals surface area contributed by atoms with E-state index in [4.69, 9.17) is 9.47 Å². The first-order valence-electron chi connectivity index (χ1n) is 9.22. The molecular weight excluding hydrogens is 456 g/mol. The van der Waals surface area contributed by atoms with Gasteiger partial charge in [-0.25, -0.2) is 12.7 Å². The number of ether oxygens (including phenoxy) is 2. The van der Waals surface area contributed by atoms with Gasteiger partial charge in [0, 0.05) is 14.1 Å². The van der Waals surface area contributed by atoms with E-state index >= 15 is 0 Å². The lowest BCUT2D eigenvalue weighted by Gasteiger charge is -2.15. The van der Waals surface area contributed by atoms with Crippen LogP contribution in [-0.2, 0) is 14.8 Å². The summed E-state index contributed by atoms with van der Waals surface area (Å²) in [6.07, 6.45) is 0. The number of sulfonamides is 1. The number of amides is 1. The Balaban J connectivity index is 1.73. The number of aromatic nitrogens is 4. The molecule has 0 aliphatic carbocycles. The molecule has 0 unspecified atom stereocenters. The third kappa shape index (κ3) is 5.18. The van der Waals surface area contributed by atoms with Crippen LogP contribution in [0.3, 0.4) is 0 Å². The van der Waals surface area contributed by atoms with Crippen LogP contribution in [0.1, 0.15) is 0 Å². The van der Waals surface area contributed by atoms with Gasteiger partial charge in [0.05, 0.1) is 36.2 Å². The van der Waals surface area contributed by atoms with Gasteiger partial charge in [0.1, 0.15) is 11.5 Å². The largest absolute Gasteiger partial charge is 0.497 e. The van der Waals surface area contributed by atoms with Gasteiger partial charge in [0.2, 0.25) is 21.1 Å². The summed E-state index contributed by atoms with van der Waals surface area (Å²) in [7, 11) is 2.21. The highest BCUT2D eigenvalue weighted by molar-refractivity contribution is 7.99. The predicted molar refractivity (Wildman–Crippen MR) is 119 cm³/mol. The zero-order valence-electron chi connectivity index (χ0n) is 17.8. The minimum atomic E-state index is -3.67. The van der Waals surface area contributed by atoms with Gasteiger partial charge in [-0.3, -0.25) is 4.79 Å². The summed E-state index contributed by atoms with van der Waals surface area (Å²) in [6, 6.07) is 11.4. The fourth-order valence-electron chi connectivity index (χ4n) is 2.63. The molecule has 170 valence electrons. The minimum Gasteiger partial charge on any atom is -0.497 e. The molecule has 1 N–H and O–H groups in total. The monoisotopic (exact) mass is 478 g/mol. The molecule has 0 aliphatic heterocycles. The Morgan fingerprint density at radius 1 is 1.12 bits per heavy atom. The highest BCUT2D eigenvalue weighted by Crippen LogP contribution is 2.29. The van der Waals surface area contributed by atoms with E-state index in [2.05, 4.69) is 20.8 Å². The molecule has 3 aromatic rings. The van der Waals surface area contributed by atoms with Crippen molar-refractivity contribution in [3.8, 4) is 17.2 Å². The lowest BCUT2D eigenvalue weighted by atomic mass is 10.3. The van der Waals surface area contributed by atoms with Crippen LogP contribution < -0.4 is 14.8 Å². The Hall–Kier alpha value is -3.16. The number of tetrazole rings is 1. The Kier molecular flexibility index (Phi) is 7.33. The number of hydrogen-bond acceptors (Lipinski definition) is 9. The fraction of sp³-hybridized carbons (Fsp3) is 0.263. The molecule has 1 amide bonds. The molecule has 11 nitrogen and oxygen atoms in total. The van der Waals surface area contributed by atoms with Gasteiger partial charge in [-0.1, -0.05) is 11.8 Å². The Morgan fingerprint density at radius 2 is 1.84 bits per heavy atom. The van der Waals surface area contributed by atoms with Crippen LogP contribution >= 0.6 is 11.8 Å². The Bertz CT molecular complexity index is 1200. The predicted octanol–water partition coefficient (Wildman–Crippen LogP) is 1.66.